The van der Waals surface area contributed by atoms with Crippen LogP contribution in [0.4, 0.5) is 13.2 Å². The molecular weight excluding hydrogens is 459 g/mol. The van der Waals surface area contributed by atoms with E-state index in [4.69, 9.17) is 23.4 Å². The summed E-state index contributed by atoms with van der Waals surface area (Å²) in [4.78, 5) is 12.8. The fourth-order valence-electron chi connectivity index (χ4n) is 4.57. The zero-order valence-corrected chi connectivity index (χ0v) is 18.7. The summed E-state index contributed by atoms with van der Waals surface area (Å²) in [6, 6.07) is 0. The number of hydrogen-bond acceptors (Lipinski definition) is 7. The molecule has 2 saturated heterocycles. The average molecular weight is 485 g/mol. The number of rotatable bonds is 5. The van der Waals surface area contributed by atoms with Gasteiger partial charge in [0.05, 0.1) is 63.5 Å². The third kappa shape index (κ3) is 4.59. The number of ether oxygens (including phenoxy) is 4. The zero-order chi connectivity index (χ0) is 23.9. The van der Waals surface area contributed by atoms with Crippen molar-refractivity contribution in [2.45, 2.75) is 44.2 Å². The van der Waals surface area contributed by atoms with E-state index < -0.39 is 29.5 Å². The van der Waals surface area contributed by atoms with E-state index in [0.29, 0.717) is 45.1 Å². The number of carbonyl (C=O) groups excluding carboxylic acids is 1. The van der Waals surface area contributed by atoms with Gasteiger partial charge in [-0.3, -0.25) is 9.48 Å². The molecule has 186 valence electrons. The lowest BCUT2D eigenvalue weighted by atomic mass is 9.86. The molecule has 0 spiro atoms. The summed E-state index contributed by atoms with van der Waals surface area (Å²) >= 11 is 0. The number of furan rings is 1. The topological polar surface area (TPSA) is 97.0 Å². The largest absolute Gasteiger partial charge is 0.455 e. The van der Waals surface area contributed by atoms with Gasteiger partial charge in [-0.15, -0.1) is 0 Å². The van der Waals surface area contributed by atoms with E-state index in [1.807, 2.05) is 6.92 Å². The van der Waals surface area contributed by atoms with Gasteiger partial charge in [-0.2, -0.15) is 18.3 Å². The second-order valence-corrected chi connectivity index (χ2v) is 8.71. The minimum atomic E-state index is -4.81. The number of nitrogens with one attached hydrogen (secondary N) is 1. The number of halogens is 3. The molecule has 34 heavy (non-hydrogen) atoms. The highest BCUT2D eigenvalue weighted by molar-refractivity contribution is 5.96. The minimum absolute atomic E-state index is 0.0151. The van der Waals surface area contributed by atoms with Gasteiger partial charge in [0.2, 0.25) is 5.76 Å². The monoisotopic (exact) mass is 485 g/mol. The van der Waals surface area contributed by atoms with Crippen LogP contribution in [-0.2, 0) is 38.1 Å². The van der Waals surface area contributed by atoms with Crippen molar-refractivity contribution in [1.82, 2.24) is 15.1 Å². The molecule has 0 bridgehead atoms. The first-order chi connectivity index (χ1) is 16.3. The van der Waals surface area contributed by atoms with E-state index in [1.165, 1.54) is 0 Å². The van der Waals surface area contributed by atoms with Crippen LogP contribution in [0.5, 0.6) is 0 Å². The second kappa shape index (κ2) is 9.33. The maximum absolute atomic E-state index is 14.2. The van der Waals surface area contributed by atoms with Gasteiger partial charge in [-0.25, -0.2) is 0 Å². The Kier molecular flexibility index (Phi) is 6.40. The molecular formula is C22H26F3N3O6. The number of nitrogens with zero attached hydrogens (tertiary/aromatic N) is 2. The lowest BCUT2D eigenvalue weighted by Gasteiger charge is -2.23. The Bertz CT molecular complexity index is 1040. The van der Waals surface area contributed by atoms with Crippen molar-refractivity contribution in [3.8, 4) is 11.3 Å². The van der Waals surface area contributed by atoms with Gasteiger partial charge in [0.1, 0.15) is 17.4 Å². The van der Waals surface area contributed by atoms with Gasteiger partial charge in [-0.05, 0) is 5.92 Å². The molecule has 4 heterocycles. The van der Waals surface area contributed by atoms with Crippen LogP contribution in [0, 0.1) is 0 Å². The first-order valence-electron chi connectivity index (χ1n) is 11.3. The second-order valence-electron chi connectivity index (χ2n) is 8.71. The Morgan fingerprint density at radius 3 is 2.50 bits per heavy atom. The van der Waals surface area contributed by atoms with Gasteiger partial charge in [0.25, 0.3) is 5.91 Å². The standard InChI is InChI=1S/C22H26F3N3O6/c1-12-6-16-17(19-15(12)9-28(27-19)8-14-11-31-3-5-33-14)18(22(23,24)25)20(34-16)21(29)26-7-13-10-30-2-4-32-13/h9,12-14H,2-8,10-11H2,1H3,(H,26,29). The van der Waals surface area contributed by atoms with Crippen molar-refractivity contribution in [2.75, 3.05) is 46.2 Å². The predicted molar refractivity (Wildman–Crippen MR) is 111 cm³/mol. The van der Waals surface area contributed by atoms with Crippen molar-refractivity contribution in [2.24, 2.45) is 0 Å². The Balaban J connectivity index is 1.45. The first kappa shape index (κ1) is 23.3. The quantitative estimate of drug-likeness (QED) is 0.695. The summed E-state index contributed by atoms with van der Waals surface area (Å²) in [6.45, 7) is 4.70. The Morgan fingerprint density at radius 2 is 1.85 bits per heavy atom. The highest BCUT2D eigenvalue weighted by atomic mass is 19.4. The zero-order valence-electron chi connectivity index (χ0n) is 18.7. The third-order valence-electron chi connectivity index (χ3n) is 6.17. The SMILES string of the molecule is CC1Cc2oc(C(=O)NCC3COCCO3)c(C(F)(F)F)c2-c2nn(CC3COCCO3)cc21. The molecule has 3 aliphatic rings. The summed E-state index contributed by atoms with van der Waals surface area (Å²) in [5.41, 5.74) is -0.404. The normalized spacial score (nSPS) is 25.0. The van der Waals surface area contributed by atoms with Gasteiger partial charge < -0.3 is 28.7 Å². The van der Waals surface area contributed by atoms with Crippen LogP contribution in [0.15, 0.2) is 10.6 Å². The van der Waals surface area contributed by atoms with Crippen LogP contribution in [0.25, 0.3) is 11.3 Å². The lowest BCUT2D eigenvalue weighted by Crippen LogP contribution is -2.40. The van der Waals surface area contributed by atoms with Crippen molar-refractivity contribution in [1.29, 1.82) is 0 Å². The summed E-state index contributed by atoms with van der Waals surface area (Å²) < 4.78 is 71.6. The fourth-order valence-corrected chi connectivity index (χ4v) is 4.57. The van der Waals surface area contributed by atoms with Gasteiger partial charge in [0.15, 0.2) is 0 Å². The molecule has 12 heteroatoms. The van der Waals surface area contributed by atoms with Crippen LogP contribution in [0.2, 0.25) is 0 Å². The molecule has 2 aliphatic heterocycles. The predicted octanol–water partition coefficient (Wildman–Crippen LogP) is 2.38. The molecule has 1 amide bonds. The molecule has 5 rings (SSSR count). The third-order valence-corrected chi connectivity index (χ3v) is 6.17. The molecule has 0 aromatic carbocycles. The lowest BCUT2D eigenvalue weighted by molar-refractivity contribution is -0.137. The van der Waals surface area contributed by atoms with Gasteiger partial charge in [0, 0.05) is 24.7 Å². The van der Waals surface area contributed by atoms with Crippen LogP contribution in [-0.4, -0.2) is 74.1 Å². The molecule has 3 unspecified atom stereocenters. The maximum atomic E-state index is 14.2. The number of hydrogen-bond donors (Lipinski definition) is 1. The van der Waals surface area contributed by atoms with Crippen LogP contribution in [0.3, 0.4) is 0 Å². The summed E-state index contributed by atoms with van der Waals surface area (Å²) in [5, 5.41) is 6.95. The van der Waals surface area contributed by atoms with Crippen molar-refractivity contribution in [3.05, 3.63) is 28.8 Å². The van der Waals surface area contributed by atoms with E-state index in [-0.39, 0.29) is 48.6 Å². The molecule has 0 saturated carbocycles. The Hall–Kier alpha value is -2.41. The van der Waals surface area contributed by atoms with E-state index in [9.17, 15) is 18.0 Å². The molecule has 3 atom stereocenters. The van der Waals surface area contributed by atoms with E-state index in [0.717, 1.165) is 0 Å². The highest BCUT2D eigenvalue weighted by Crippen LogP contribution is 2.48. The fraction of sp³-hybridized carbons (Fsp3) is 0.636. The maximum Gasteiger partial charge on any atom is 0.420 e. The molecule has 1 aliphatic carbocycles. The molecule has 0 radical (unpaired) electrons. The minimum Gasteiger partial charge on any atom is -0.455 e. The Morgan fingerprint density at radius 1 is 1.15 bits per heavy atom. The van der Waals surface area contributed by atoms with Crippen LogP contribution in [0.1, 0.15) is 40.3 Å². The van der Waals surface area contributed by atoms with Crippen molar-refractivity contribution in [3.63, 3.8) is 0 Å². The Labute approximate surface area is 193 Å². The highest BCUT2D eigenvalue weighted by Gasteiger charge is 2.46. The number of aromatic nitrogens is 2. The summed E-state index contributed by atoms with van der Waals surface area (Å²) in [7, 11) is 0. The van der Waals surface area contributed by atoms with Crippen LogP contribution < -0.4 is 5.32 Å². The summed E-state index contributed by atoms with van der Waals surface area (Å²) in [5.74, 6) is -1.72. The van der Waals surface area contributed by atoms with E-state index >= 15 is 0 Å². The first-order valence-corrected chi connectivity index (χ1v) is 11.3. The number of carbonyl (C=O) groups is 1. The molecule has 2 fully saturated rings. The smallest absolute Gasteiger partial charge is 0.420 e. The van der Waals surface area contributed by atoms with Crippen molar-refractivity contribution < 1.29 is 41.3 Å². The van der Waals surface area contributed by atoms with E-state index in [2.05, 4.69) is 10.4 Å². The van der Waals surface area contributed by atoms with Gasteiger partial charge >= 0.3 is 6.18 Å². The van der Waals surface area contributed by atoms with Gasteiger partial charge in [-0.1, -0.05) is 6.92 Å². The number of fused-ring (bicyclic) bond motifs is 3. The number of alkyl halides is 3. The van der Waals surface area contributed by atoms with E-state index in [1.54, 1.807) is 10.9 Å². The average Bonchev–Trinajstić information content (AvgIpc) is 3.41. The van der Waals surface area contributed by atoms with Crippen LogP contribution >= 0.6 is 0 Å². The number of amides is 1. The molecule has 1 N–H and O–H groups in total. The molecule has 2 aromatic rings. The summed E-state index contributed by atoms with van der Waals surface area (Å²) in [6.07, 6.45) is -3.49. The molecule has 2 aromatic heterocycles. The molecule has 9 nitrogen and oxygen atoms in total. The van der Waals surface area contributed by atoms with Crippen molar-refractivity contribution >= 4 is 5.91 Å².